The highest BCUT2D eigenvalue weighted by molar-refractivity contribution is 4.92. The third kappa shape index (κ3) is 2.33. The second-order valence-corrected chi connectivity index (χ2v) is 6.25. The summed E-state index contributed by atoms with van der Waals surface area (Å²) in [7, 11) is 0. The minimum absolute atomic E-state index is 0.103. The summed E-state index contributed by atoms with van der Waals surface area (Å²) >= 11 is 0. The molecule has 2 heteroatoms. The molecule has 1 aliphatic heterocycles. The molecule has 0 bridgehead atoms. The maximum atomic E-state index is 5.96. The largest absolute Gasteiger partial charge is 0.347 e. The van der Waals surface area contributed by atoms with Crippen molar-refractivity contribution in [1.82, 2.24) is 0 Å². The summed E-state index contributed by atoms with van der Waals surface area (Å²) in [6.07, 6.45) is 6.47. The Morgan fingerprint density at radius 1 is 1.25 bits per heavy atom. The van der Waals surface area contributed by atoms with Crippen LogP contribution >= 0.6 is 0 Å². The number of rotatable bonds is 1. The minimum Gasteiger partial charge on any atom is -0.347 e. The van der Waals surface area contributed by atoms with Gasteiger partial charge >= 0.3 is 0 Å². The first-order chi connectivity index (χ1) is 7.45. The van der Waals surface area contributed by atoms with Gasteiger partial charge in [-0.05, 0) is 24.2 Å². The fourth-order valence-corrected chi connectivity index (χ4v) is 2.88. The summed E-state index contributed by atoms with van der Waals surface area (Å²) in [4.78, 5) is 0. The van der Waals surface area contributed by atoms with Crippen LogP contribution in [-0.2, 0) is 9.47 Å². The monoisotopic (exact) mass is 224 g/mol. The SMILES string of the molecule is C=CC1COC2(CCC(C(C)(C)C)CC2)O1. The van der Waals surface area contributed by atoms with Crippen molar-refractivity contribution in [1.29, 1.82) is 0 Å². The highest BCUT2D eigenvalue weighted by Crippen LogP contribution is 2.45. The van der Waals surface area contributed by atoms with Crippen LogP contribution in [0.5, 0.6) is 0 Å². The average molecular weight is 224 g/mol. The molecule has 1 unspecified atom stereocenters. The Morgan fingerprint density at radius 3 is 2.31 bits per heavy atom. The van der Waals surface area contributed by atoms with E-state index >= 15 is 0 Å². The molecule has 1 aliphatic carbocycles. The number of hydrogen-bond donors (Lipinski definition) is 0. The molecule has 1 saturated carbocycles. The van der Waals surface area contributed by atoms with Gasteiger partial charge in [0.05, 0.1) is 6.61 Å². The van der Waals surface area contributed by atoms with Crippen LogP contribution in [0.2, 0.25) is 0 Å². The summed E-state index contributed by atoms with van der Waals surface area (Å²) in [6.45, 7) is 11.4. The molecular weight excluding hydrogens is 200 g/mol. The van der Waals surface area contributed by atoms with Crippen molar-refractivity contribution in [3.8, 4) is 0 Å². The standard InChI is InChI=1S/C14H24O2/c1-5-12-10-15-14(16-12)8-6-11(7-9-14)13(2,3)4/h5,11-12H,1,6-10H2,2-4H3. The normalized spacial score (nSPS) is 40.2. The van der Waals surface area contributed by atoms with E-state index in [0.29, 0.717) is 12.0 Å². The lowest BCUT2D eigenvalue weighted by Crippen LogP contribution is -2.38. The summed E-state index contributed by atoms with van der Waals surface area (Å²) in [5.74, 6) is 0.522. The van der Waals surface area contributed by atoms with E-state index in [0.717, 1.165) is 18.8 Å². The van der Waals surface area contributed by atoms with E-state index in [-0.39, 0.29) is 11.9 Å². The van der Waals surface area contributed by atoms with Crippen molar-refractivity contribution in [3.63, 3.8) is 0 Å². The molecule has 0 radical (unpaired) electrons. The van der Waals surface area contributed by atoms with Crippen molar-refractivity contribution in [2.45, 2.75) is 58.3 Å². The van der Waals surface area contributed by atoms with Crippen LogP contribution < -0.4 is 0 Å². The van der Waals surface area contributed by atoms with Crippen molar-refractivity contribution >= 4 is 0 Å². The first-order valence-corrected chi connectivity index (χ1v) is 6.39. The van der Waals surface area contributed by atoms with E-state index in [9.17, 15) is 0 Å². The highest BCUT2D eigenvalue weighted by atomic mass is 16.7. The molecular formula is C14H24O2. The molecule has 2 fully saturated rings. The Labute approximate surface area is 99.0 Å². The number of ether oxygens (including phenoxy) is 2. The first-order valence-electron chi connectivity index (χ1n) is 6.39. The van der Waals surface area contributed by atoms with Crippen LogP contribution in [0.15, 0.2) is 12.7 Å². The third-order valence-corrected chi connectivity index (χ3v) is 4.11. The molecule has 0 aromatic heterocycles. The maximum Gasteiger partial charge on any atom is 0.169 e. The van der Waals surface area contributed by atoms with Gasteiger partial charge in [-0.3, -0.25) is 0 Å². The zero-order valence-electron chi connectivity index (χ0n) is 10.8. The zero-order valence-corrected chi connectivity index (χ0v) is 10.8. The minimum atomic E-state index is -0.277. The van der Waals surface area contributed by atoms with Crippen LogP contribution in [0.3, 0.4) is 0 Å². The lowest BCUT2D eigenvalue weighted by atomic mass is 9.71. The Morgan fingerprint density at radius 2 is 1.88 bits per heavy atom. The zero-order chi connectivity index (χ0) is 11.8. The molecule has 1 atom stereocenters. The van der Waals surface area contributed by atoms with Gasteiger partial charge in [0, 0.05) is 12.8 Å². The van der Waals surface area contributed by atoms with Gasteiger partial charge in [0.1, 0.15) is 6.10 Å². The van der Waals surface area contributed by atoms with Crippen LogP contribution in [-0.4, -0.2) is 18.5 Å². The highest BCUT2D eigenvalue weighted by Gasteiger charge is 2.45. The second-order valence-electron chi connectivity index (χ2n) is 6.25. The predicted octanol–water partition coefficient (Wildman–Crippen LogP) is 3.52. The Bertz CT molecular complexity index is 256. The third-order valence-electron chi connectivity index (χ3n) is 4.11. The molecule has 1 saturated heterocycles. The van der Waals surface area contributed by atoms with Gasteiger partial charge in [0.15, 0.2) is 5.79 Å². The van der Waals surface area contributed by atoms with E-state index in [4.69, 9.17) is 9.47 Å². The molecule has 16 heavy (non-hydrogen) atoms. The fourth-order valence-electron chi connectivity index (χ4n) is 2.88. The van der Waals surface area contributed by atoms with Crippen LogP contribution in [0.1, 0.15) is 46.5 Å². The summed E-state index contributed by atoms with van der Waals surface area (Å²) in [5, 5.41) is 0. The fraction of sp³-hybridized carbons (Fsp3) is 0.857. The van der Waals surface area contributed by atoms with Gasteiger partial charge in [-0.15, -0.1) is 6.58 Å². The average Bonchev–Trinajstić information content (AvgIpc) is 2.61. The summed E-state index contributed by atoms with van der Waals surface area (Å²) in [6, 6.07) is 0. The van der Waals surface area contributed by atoms with Gasteiger partial charge in [-0.25, -0.2) is 0 Å². The second kappa shape index (κ2) is 4.15. The van der Waals surface area contributed by atoms with E-state index in [1.807, 2.05) is 6.08 Å². The molecule has 0 aromatic carbocycles. The molecule has 92 valence electrons. The van der Waals surface area contributed by atoms with Crippen molar-refractivity contribution < 1.29 is 9.47 Å². The van der Waals surface area contributed by atoms with E-state index in [2.05, 4.69) is 27.4 Å². The van der Waals surface area contributed by atoms with Gasteiger partial charge in [-0.2, -0.15) is 0 Å². The van der Waals surface area contributed by atoms with Crippen LogP contribution in [0.25, 0.3) is 0 Å². The van der Waals surface area contributed by atoms with Crippen molar-refractivity contribution in [2.24, 2.45) is 11.3 Å². The van der Waals surface area contributed by atoms with Crippen molar-refractivity contribution in [3.05, 3.63) is 12.7 Å². The van der Waals surface area contributed by atoms with Crippen LogP contribution in [0, 0.1) is 11.3 Å². The molecule has 0 N–H and O–H groups in total. The Kier molecular flexibility index (Phi) is 3.15. The number of hydrogen-bond acceptors (Lipinski definition) is 2. The summed E-state index contributed by atoms with van der Waals surface area (Å²) in [5.41, 5.74) is 0.415. The molecule has 1 spiro atoms. The molecule has 0 aromatic rings. The first kappa shape index (κ1) is 12.1. The molecule has 2 aliphatic rings. The van der Waals surface area contributed by atoms with Gasteiger partial charge < -0.3 is 9.47 Å². The van der Waals surface area contributed by atoms with Gasteiger partial charge in [-0.1, -0.05) is 26.8 Å². The lowest BCUT2D eigenvalue weighted by molar-refractivity contribution is -0.192. The maximum absolute atomic E-state index is 5.96. The Hall–Kier alpha value is -0.340. The molecule has 2 nitrogen and oxygen atoms in total. The van der Waals surface area contributed by atoms with E-state index < -0.39 is 0 Å². The lowest BCUT2D eigenvalue weighted by Gasteiger charge is -2.41. The molecule has 1 heterocycles. The smallest absolute Gasteiger partial charge is 0.169 e. The molecule has 0 amide bonds. The van der Waals surface area contributed by atoms with Crippen LogP contribution in [0.4, 0.5) is 0 Å². The summed E-state index contributed by atoms with van der Waals surface area (Å²) < 4.78 is 11.8. The molecule has 2 rings (SSSR count). The van der Waals surface area contributed by atoms with E-state index in [1.165, 1.54) is 12.8 Å². The van der Waals surface area contributed by atoms with Gasteiger partial charge in [0.25, 0.3) is 0 Å². The van der Waals surface area contributed by atoms with Gasteiger partial charge in [0.2, 0.25) is 0 Å². The quantitative estimate of drug-likeness (QED) is 0.634. The van der Waals surface area contributed by atoms with Crippen molar-refractivity contribution in [2.75, 3.05) is 6.61 Å². The topological polar surface area (TPSA) is 18.5 Å². The Balaban J connectivity index is 1.93. The predicted molar refractivity (Wildman–Crippen MR) is 65.2 cm³/mol. The van der Waals surface area contributed by atoms with E-state index in [1.54, 1.807) is 0 Å².